The molecule has 90 valence electrons. The van der Waals surface area contributed by atoms with Crippen molar-refractivity contribution in [3.8, 4) is 0 Å². The summed E-state index contributed by atoms with van der Waals surface area (Å²) in [5, 5.41) is 3.24. The van der Waals surface area contributed by atoms with Crippen molar-refractivity contribution in [2.45, 2.75) is 13.3 Å². The summed E-state index contributed by atoms with van der Waals surface area (Å²) in [4.78, 5) is 12.7. The molecule has 1 saturated heterocycles. The molecule has 4 nitrogen and oxygen atoms in total. The van der Waals surface area contributed by atoms with Crippen molar-refractivity contribution < 1.29 is 4.79 Å². The zero-order valence-electron chi connectivity index (χ0n) is 9.03. The fourth-order valence-electron chi connectivity index (χ4n) is 1.16. The predicted molar refractivity (Wildman–Crippen MR) is 75.5 cm³/mol. The van der Waals surface area contributed by atoms with Gasteiger partial charge >= 0.3 is 26.2 Å². The molecule has 0 spiro atoms. The van der Waals surface area contributed by atoms with Crippen molar-refractivity contribution in [3.63, 3.8) is 0 Å². The van der Waals surface area contributed by atoms with E-state index >= 15 is 0 Å². The third kappa shape index (κ3) is 12.5. The molecule has 0 radical (unpaired) electrons. The van der Waals surface area contributed by atoms with Crippen molar-refractivity contribution in [2.24, 2.45) is 5.73 Å². The third-order valence-electron chi connectivity index (χ3n) is 1.79. The van der Waals surface area contributed by atoms with Gasteiger partial charge < -0.3 is 16.0 Å². The number of nitrogens with one attached hydrogen (secondary N) is 1. The first-order valence-corrected chi connectivity index (χ1v) is 5.34. The molecule has 0 bridgehead atoms. The number of amides is 1. The van der Waals surface area contributed by atoms with E-state index in [1.54, 1.807) is 6.92 Å². The van der Waals surface area contributed by atoms with Crippen LogP contribution in [-0.4, -0.2) is 67.5 Å². The number of thiol groups is 1. The molecular formula is C8H20BiN3OS2. The van der Waals surface area contributed by atoms with Crippen LogP contribution in [0, 0.1) is 0 Å². The van der Waals surface area contributed by atoms with Crippen molar-refractivity contribution in [2.75, 3.05) is 26.2 Å². The van der Waals surface area contributed by atoms with Gasteiger partial charge in [0.05, 0.1) is 0 Å². The Morgan fingerprint density at radius 3 is 2.47 bits per heavy atom. The molecule has 0 aromatic carbocycles. The number of nitrogens with zero attached hydrogens (tertiary/aromatic N) is 1. The first kappa shape index (κ1) is 17.9. The maximum absolute atomic E-state index is 10.8. The second kappa shape index (κ2) is 11.1. The predicted octanol–water partition coefficient (Wildman–Crippen LogP) is -1.20. The molecule has 0 atom stereocenters. The molecule has 1 fully saturated rings. The van der Waals surface area contributed by atoms with E-state index in [0.717, 1.165) is 32.6 Å². The van der Waals surface area contributed by atoms with Crippen LogP contribution in [-0.2, 0) is 4.79 Å². The number of thiocarbonyl (C=S) groups is 1. The van der Waals surface area contributed by atoms with Gasteiger partial charge in [0, 0.05) is 26.6 Å². The number of nitrogens with two attached hydrogens (primary N) is 1. The van der Waals surface area contributed by atoms with Gasteiger partial charge in [0.15, 0.2) is 0 Å². The average molecular weight is 447 g/mol. The summed E-state index contributed by atoms with van der Waals surface area (Å²) in [6.07, 6.45) is 1.08. The van der Waals surface area contributed by atoms with E-state index in [1.807, 2.05) is 4.90 Å². The van der Waals surface area contributed by atoms with E-state index in [2.05, 4.69) is 30.2 Å². The summed E-state index contributed by atoms with van der Waals surface area (Å²) in [5.41, 5.74) is 4.71. The van der Waals surface area contributed by atoms with E-state index in [4.69, 9.17) is 5.73 Å². The van der Waals surface area contributed by atoms with E-state index < -0.39 is 0 Å². The Labute approximate surface area is 121 Å². The van der Waals surface area contributed by atoms with Crippen LogP contribution in [0.1, 0.15) is 13.3 Å². The van der Waals surface area contributed by atoms with Crippen LogP contribution in [0.3, 0.4) is 0 Å². The zero-order valence-corrected chi connectivity index (χ0v) is 16.2. The maximum atomic E-state index is 10.8. The fourth-order valence-corrected chi connectivity index (χ4v) is 1.16. The molecule has 7 heteroatoms. The molecule has 3 N–H and O–H groups in total. The molecule has 1 aliphatic heterocycles. The summed E-state index contributed by atoms with van der Waals surface area (Å²) >= 11 is 7.65. The number of carbonyl (C=O) groups excluding carboxylic acids is 1. The van der Waals surface area contributed by atoms with Gasteiger partial charge in [-0.1, -0.05) is 12.2 Å². The minimum atomic E-state index is 0. The van der Waals surface area contributed by atoms with E-state index in [0.29, 0.717) is 0 Å². The molecule has 15 heavy (non-hydrogen) atoms. The van der Waals surface area contributed by atoms with Crippen LogP contribution in [0.5, 0.6) is 0 Å². The summed E-state index contributed by atoms with van der Waals surface area (Å²) in [6.45, 7) is 5.41. The Morgan fingerprint density at radius 1 is 1.47 bits per heavy atom. The SMILES string of the molecule is CC(=O)N1CCCNCC1.NC(=S)S.[BiH3]. The second-order valence-electron chi connectivity index (χ2n) is 2.95. The van der Waals surface area contributed by atoms with E-state index in [-0.39, 0.29) is 36.4 Å². The van der Waals surface area contributed by atoms with Crippen molar-refractivity contribution >= 4 is 61.3 Å². The topological polar surface area (TPSA) is 58.4 Å². The molecule has 0 aromatic rings. The summed E-state index contributed by atoms with van der Waals surface area (Å²) in [6, 6.07) is 0. The number of hydrogen-bond donors (Lipinski definition) is 3. The van der Waals surface area contributed by atoms with Gasteiger partial charge in [-0.15, -0.1) is 12.6 Å². The Balaban J connectivity index is 0. The molecule has 0 aliphatic carbocycles. The summed E-state index contributed by atoms with van der Waals surface area (Å²) < 4.78 is 0.194. The van der Waals surface area contributed by atoms with Gasteiger partial charge in [-0.2, -0.15) is 0 Å². The van der Waals surface area contributed by atoms with Crippen LogP contribution in [0.2, 0.25) is 0 Å². The molecular weight excluding hydrogens is 427 g/mol. The average Bonchev–Trinajstić information content (AvgIpc) is 2.29. The normalized spacial score (nSPS) is 15.2. The van der Waals surface area contributed by atoms with Gasteiger partial charge in [0.25, 0.3) is 0 Å². The van der Waals surface area contributed by atoms with Gasteiger partial charge in [0.1, 0.15) is 4.32 Å². The zero-order chi connectivity index (χ0) is 11.0. The van der Waals surface area contributed by atoms with Crippen LogP contribution >= 0.6 is 24.8 Å². The van der Waals surface area contributed by atoms with Crippen LogP contribution in [0.15, 0.2) is 0 Å². The molecule has 0 unspecified atom stereocenters. The van der Waals surface area contributed by atoms with Gasteiger partial charge in [-0.3, -0.25) is 4.79 Å². The summed E-state index contributed by atoms with van der Waals surface area (Å²) in [7, 11) is 0. The molecule has 0 saturated carbocycles. The van der Waals surface area contributed by atoms with Crippen molar-refractivity contribution in [1.82, 2.24) is 10.2 Å². The van der Waals surface area contributed by atoms with E-state index in [9.17, 15) is 4.79 Å². The number of rotatable bonds is 0. The standard InChI is InChI=1S/C7H14N2O.CH3NS2.Bi.3H/c1-7(10)9-5-2-3-8-4-6-9;2-1(3)4;;;;/h8H,2-6H2,1H3;(H3,2,3,4);;;;. The van der Waals surface area contributed by atoms with Gasteiger partial charge in [-0.25, -0.2) is 0 Å². The van der Waals surface area contributed by atoms with Crippen molar-refractivity contribution in [1.29, 1.82) is 0 Å². The van der Waals surface area contributed by atoms with E-state index in [1.165, 1.54) is 0 Å². The van der Waals surface area contributed by atoms with Gasteiger partial charge in [0.2, 0.25) is 5.91 Å². The Bertz CT molecular complexity index is 192. The van der Waals surface area contributed by atoms with Crippen LogP contribution < -0.4 is 11.1 Å². The first-order valence-electron chi connectivity index (χ1n) is 4.48. The minimum absolute atomic E-state index is 0. The molecule has 1 aliphatic rings. The monoisotopic (exact) mass is 447 g/mol. The molecule has 0 aromatic heterocycles. The third-order valence-corrected chi connectivity index (χ3v) is 1.79. The molecule has 1 heterocycles. The first-order chi connectivity index (χ1) is 6.54. The van der Waals surface area contributed by atoms with Crippen LogP contribution in [0.4, 0.5) is 0 Å². The quantitative estimate of drug-likeness (QED) is 0.248. The van der Waals surface area contributed by atoms with Crippen molar-refractivity contribution in [3.05, 3.63) is 0 Å². The molecule has 1 rings (SSSR count). The summed E-state index contributed by atoms with van der Waals surface area (Å²) in [5.74, 6) is 0.198. The molecule has 1 amide bonds. The second-order valence-corrected chi connectivity index (χ2v) is 4.17. The number of carbonyl (C=O) groups is 1. The fraction of sp³-hybridized carbons (Fsp3) is 0.750. The van der Waals surface area contributed by atoms with Gasteiger partial charge in [-0.05, 0) is 13.0 Å². The Morgan fingerprint density at radius 2 is 2.00 bits per heavy atom. The number of hydrogen-bond acceptors (Lipinski definition) is 3. The van der Waals surface area contributed by atoms with Crippen LogP contribution in [0.25, 0.3) is 0 Å². The Kier molecular flexibility index (Phi) is 13.2. The Hall–Kier alpha value is 0.553.